The number of carboxylic acids is 1. The lowest BCUT2D eigenvalue weighted by atomic mass is 9.88. The Morgan fingerprint density at radius 2 is 1.96 bits per heavy atom. The summed E-state index contributed by atoms with van der Waals surface area (Å²) in [6.07, 6.45) is 10.7. The zero-order valence-electron chi connectivity index (χ0n) is 16.9. The Balaban J connectivity index is 2.62. The third kappa shape index (κ3) is 8.39. The molecule has 0 amide bonds. The Kier molecular flexibility index (Phi) is 10.6. The molecule has 0 heterocycles. The summed E-state index contributed by atoms with van der Waals surface area (Å²) in [6.45, 7) is 6.09. The van der Waals surface area contributed by atoms with Crippen molar-refractivity contribution in [1.29, 1.82) is 0 Å². The monoisotopic (exact) mass is 380 g/mol. The Morgan fingerprint density at radius 3 is 2.59 bits per heavy atom. The quantitative estimate of drug-likeness (QED) is 0.448. The van der Waals surface area contributed by atoms with Gasteiger partial charge in [0.1, 0.15) is 5.78 Å². The highest BCUT2D eigenvalue weighted by molar-refractivity contribution is 5.84. The summed E-state index contributed by atoms with van der Waals surface area (Å²) in [5.41, 5.74) is 0. The summed E-state index contributed by atoms with van der Waals surface area (Å²) in [5.74, 6) is -1.02. The number of carbonyl (C=O) groups excluding carboxylic acids is 1. The zero-order chi connectivity index (χ0) is 20.4. The number of carbonyl (C=O) groups is 2. The van der Waals surface area contributed by atoms with Crippen molar-refractivity contribution in [3.8, 4) is 0 Å². The van der Waals surface area contributed by atoms with Crippen LogP contribution >= 0.6 is 0 Å². The summed E-state index contributed by atoms with van der Waals surface area (Å²) in [4.78, 5) is 22.9. The van der Waals surface area contributed by atoms with Crippen molar-refractivity contribution in [2.24, 2.45) is 23.7 Å². The van der Waals surface area contributed by atoms with E-state index in [-0.39, 0.29) is 42.3 Å². The minimum atomic E-state index is -0.804. The molecule has 0 saturated heterocycles. The van der Waals surface area contributed by atoms with Crippen LogP contribution in [0.1, 0.15) is 65.7 Å². The molecule has 0 radical (unpaired) electrons. The first-order chi connectivity index (χ1) is 12.8. The van der Waals surface area contributed by atoms with Crippen molar-refractivity contribution in [2.75, 3.05) is 0 Å². The van der Waals surface area contributed by atoms with Gasteiger partial charge >= 0.3 is 5.97 Å². The van der Waals surface area contributed by atoms with Gasteiger partial charge < -0.3 is 15.3 Å². The highest BCUT2D eigenvalue weighted by Crippen LogP contribution is 2.33. The maximum Gasteiger partial charge on any atom is 0.303 e. The largest absolute Gasteiger partial charge is 0.481 e. The van der Waals surface area contributed by atoms with Gasteiger partial charge in [0.15, 0.2) is 0 Å². The van der Waals surface area contributed by atoms with Gasteiger partial charge in [0.2, 0.25) is 0 Å². The van der Waals surface area contributed by atoms with E-state index in [0.717, 1.165) is 19.3 Å². The highest BCUT2D eigenvalue weighted by Gasteiger charge is 2.39. The number of ketones is 1. The fourth-order valence-corrected chi connectivity index (χ4v) is 3.56. The number of allylic oxidation sites excluding steroid dienone is 2. The number of aliphatic hydroxyl groups excluding tert-OH is 2. The van der Waals surface area contributed by atoms with Gasteiger partial charge in [-0.3, -0.25) is 9.59 Å². The Morgan fingerprint density at radius 1 is 1.26 bits per heavy atom. The number of aliphatic carboxylic acids is 1. The summed E-state index contributed by atoms with van der Waals surface area (Å²) in [6, 6.07) is 0. The van der Waals surface area contributed by atoms with E-state index in [1.54, 1.807) is 6.08 Å². The molecule has 5 heteroatoms. The van der Waals surface area contributed by atoms with Crippen LogP contribution in [0.4, 0.5) is 0 Å². The Labute approximate surface area is 163 Å². The van der Waals surface area contributed by atoms with E-state index >= 15 is 0 Å². The molecule has 3 N–H and O–H groups in total. The van der Waals surface area contributed by atoms with Crippen LogP contribution < -0.4 is 0 Å². The SMILES string of the molecule is CCCC[C@@H](C)[C@H](O)/C=C/[C@H]1[C@H](O)CC(=O)[C@@H]1C/C=C\[C@H](C)CCC(=O)O. The normalized spacial score (nSPS) is 26.7. The van der Waals surface area contributed by atoms with Gasteiger partial charge in [0, 0.05) is 24.7 Å². The molecule has 1 rings (SSSR count). The van der Waals surface area contributed by atoms with Crippen LogP contribution in [0.2, 0.25) is 0 Å². The molecule has 0 aromatic rings. The molecule has 154 valence electrons. The van der Waals surface area contributed by atoms with Crippen molar-refractivity contribution in [3.63, 3.8) is 0 Å². The van der Waals surface area contributed by atoms with Gasteiger partial charge in [-0.25, -0.2) is 0 Å². The van der Waals surface area contributed by atoms with Crippen molar-refractivity contribution < 1.29 is 24.9 Å². The smallest absolute Gasteiger partial charge is 0.303 e. The van der Waals surface area contributed by atoms with E-state index in [1.165, 1.54) is 0 Å². The molecule has 27 heavy (non-hydrogen) atoms. The second-order valence-corrected chi connectivity index (χ2v) is 7.99. The van der Waals surface area contributed by atoms with E-state index in [0.29, 0.717) is 12.8 Å². The second-order valence-electron chi connectivity index (χ2n) is 7.99. The number of carboxylic acid groups (broad SMARTS) is 1. The molecule has 0 aromatic heterocycles. The Hall–Kier alpha value is -1.46. The molecule has 1 aliphatic rings. The van der Waals surface area contributed by atoms with E-state index in [9.17, 15) is 19.8 Å². The molecular weight excluding hydrogens is 344 g/mol. The van der Waals surface area contributed by atoms with Gasteiger partial charge in [-0.05, 0) is 31.1 Å². The predicted molar refractivity (Wildman–Crippen MR) is 106 cm³/mol. The van der Waals surface area contributed by atoms with E-state index in [1.807, 2.05) is 32.1 Å². The number of hydrogen-bond acceptors (Lipinski definition) is 4. The number of aliphatic hydroxyl groups is 2. The van der Waals surface area contributed by atoms with Crippen LogP contribution in [0.3, 0.4) is 0 Å². The van der Waals surface area contributed by atoms with Crippen LogP contribution in [0.15, 0.2) is 24.3 Å². The lowest BCUT2D eigenvalue weighted by Gasteiger charge is -2.19. The van der Waals surface area contributed by atoms with Crippen molar-refractivity contribution in [3.05, 3.63) is 24.3 Å². The average Bonchev–Trinajstić information content (AvgIpc) is 2.88. The lowest BCUT2D eigenvalue weighted by Crippen LogP contribution is -2.20. The van der Waals surface area contributed by atoms with Crippen molar-refractivity contribution >= 4 is 11.8 Å². The molecule has 6 atom stereocenters. The summed E-state index contributed by atoms with van der Waals surface area (Å²) >= 11 is 0. The van der Waals surface area contributed by atoms with Crippen molar-refractivity contribution in [2.45, 2.75) is 77.9 Å². The lowest BCUT2D eigenvalue weighted by molar-refractivity contribution is -0.137. The molecule has 1 aliphatic carbocycles. The first-order valence-corrected chi connectivity index (χ1v) is 10.2. The summed E-state index contributed by atoms with van der Waals surface area (Å²) in [7, 11) is 0. The van der Waals surface area contributed by atoms with Gasteiger partial charge in [-0.1, -0.05) is 57.9 Å². The molecule has 5 nitrogen and oxygen atoms in total. The fourth-order valence-electron chi connectivity index (χ4n) is 3.56. The van der Waals surface area contributed by atoms with Crippen LogP contribution in [-0.2, 0) is 9.59 Å². The standard InChI is InChI=1S/C22H36O5/c1-4-5-8-16(3)19(23)12-11-18-17(20(24)14-21(18)25)9-6-7-15(2)10-13-22(26)27/h6-7,11-12,15-19,21,23,25H,4-5,8-10,13-14H2,1-3H3,(H,26,27)/b7-6-,12-11+/t15-,16+,17+,18+,19+,21+/m0/s1. The highest BCUT2D eigenvalue weighted by atomic mass is 16.4. The van der Waals surface area contributed by atoms with Crippen LogP contribution in [0, 0.1) is 23.7 Å². The van der Waals surface area contributed by atoms with Gasteiger partial charge in [0.05, 0.1) is 12.2 Å². The second kappa shape index (κ2) is 12.1. The zero-order valence-corrected chi connectivity index (χ0v) is 16.9. The van der Waals surface area contributed by atoms with E-state index < -0.39 is 18.2 Å². The minimum absolute atomic E-state index is 0.0495. The number of Topliss-reactive ketones (excluding diaryl/α,β-unsaturated/α-hetero) is 1. The number of rotatable bonds is 12. The topological polar surface area (TPSA) is 94.8 Å². The number of unbranched alkanes of at least 4 members (excludes halogenated alkanes) is 1. The van der Waals surface area contributed by atoms with Crippen LogP contribution in [-0.4, -0.2) is 39.3 Å². The first kappa shape index (κ1) is 23.6. The van der Waals surface area contributed by atoms with Gasteiger partial charge in [-0.15, -0.1) is 0 Å². The molecule has 0 spiro atoms. The minimum Gasteiger partial charge on any atom is -0.481 e. The molecule has 1 fully saturated rings. The molecule has 0 bridgehead atoms. The molecular formula is C22H36O5. The maximum absolute atomic E-state index is 12.2. The molecule has 1 saturated carbocycles. The molecule has 0 unspecified atom stereocenters. The maximum atomic E-state index is 12.2. The van der Waals surface area contributed by atoms with E-state index in [2.05, 4.69) is 6.92 Å². The van der Waals surface area contributed by atoms with E-state index in [4.69, 9.17) is 5.11 Å². The van der Waals surface area contributed by atoms with Crippen molar-refractivity contribution in [1.82, 2.24) is 0 Å². The predicted octanol–water partition coefficient (Wildman–Crippen LogP) is 3.74. The molecule has 0 aliphatic heterocycles. The van der Waals surface area contributed by atoms with Gasteiger partial charge in [0.25, 0.3) is 0 Å². The van der Waals surface area contributed by atoms with Crippen LogP contribution in [0.25, 0.3) is 0 Å². The molecule has 0 aromatic carbocycles. The third-order valence-electron chi connectivity index (χ3n) is 5.53. The van der Waals surface area contributed by atoms with Crippen LogP contribution in [0.5, 0.6) is 0 Å². The van der Waals surface area contributed by atoms with Gasteiger partial charge in [-0.2, -0.15) is 0 Å². The summed E-state index contributed by atoms with van der Waals surface area (Å²) < 4.78 is 0. The Bertz CT molecular complexity index is 525. The first-order valence-electron chi connectivity index (χ1n) is 10.2. The summed E-state index contributed by atoms with van der Waals surface area (Å²) in [5, 5.41) is 29.2. The average molecular weight is 381 g/mol. The number of hydrogen-bond donors (Lipinski definition) is 3. The third-order valence-corrected chi connectivity index (χ3v) is 5.53. The fraction of sp³-hybridized carbons (Fsp3) is 0.727.